The van der Waals surface area contributed by atoms with E-state index in [2.05, 4.69) is 0 Å². The molecule has 2 aliphatic rings. The number of amides is 3. The minimum absolute atomic E-state index is 0.124. The first-order valence-corrected chi connectivity index (χ1v) is 6.14. The Hall–Kier alpha value is -1.39. The van der Waals surface area contributed by atoms with E-state index in [1.807, 2.05) is 0 Å². The number of rotatable bonds is 2. The van der Waals surface area contributed by atoms with Crippen molar-refractivity contribution in [2.45, 2.75) is 44.9 Å². The molecule has 1 saturated heterocycles. The standard InChI is InChI=1S/C12H18N2O3/c13-9(15)8-14-10(16)6-12(7-11(14)17)4-2-1-3-5-12/h1-8H2,(H2,13,15). The molecule has 0 bridgehead atoms. The molecule has 0 aromatic rings. The van der Waals surface area contributed by atoms with E-state index in [1.165, 1.54) is 6.42 Å². The summed E-state index contributed by atoms with van der Waals surface area (Å²) in [5.74, 6) is -1.10. The fraction of sp³-hybridized carbons (Fsp3) is 0.750. The monoisotopic (exact) mass is 238 g/mol. The van der Waals surface area contributed by atoms with E-state index < -0.39 is 5.91 Å². The van der Waals surface area contributed by atoms with Gasteiger partial charge in [-0.1, -0.05) is 19.3 Å². The van der Waals surface area contributed by atoms with Gasteiger partial charge < -0.3 is 5.73 Å². The number of hydrogen-bond acceptors (Lipinski definition) is 3. The number of likely N-dealkylation sites (tertiary alicyclic amines) is 1. The number of nitrogens with zero attached hydrogens (tertiary/aromatic N) is 1. The molecule has 0 radical (unpaired) electrons. The van der Waals surface area contributed by atoms with Crippen LogP contribution in [0.3, 0.4) is 0 Å². The molecule has 1 spiro atoms. The van der Waals surface area contributed by atoms with Crippen molar-refractivity contribution >= 4 is 17.7 Å². The fourth-order valence-corrected chi connectivity index (χ4v) is 3.02. The van der Waals surface area contributed by atoms with Crippen LogP contribution in [0.25, 0.3) is 0 Å². The molecule has 0 unspecified atom stereocenters. The van der Waals surface area contributed by atoms with Gasteiger partial charge >= 0.3 is 0 Å². The van der Waals surface area contributed by atoms with Gasteiger partial charge in [-0.25, -0.2) is 0 Å². The second-order valence-electron chi connectivity index (χ2n) is 5.25. The molecule has 5 nitrogen and oxygen atoms in total. The van der Waals surface area contributed by atoms with Crippen LogP contribution in [0, 0.1) is 5.41 Å². The Bertz CT molecular complexity index is 339. The van der Waals surface area contributed by atoms with Crippen LogP contribution in [0.1, 0.15) is 44.9 Å². The van der Waals surface area contributed by atoms with Gasteiger partial charge in [0.15, 0.2) is 0 Å². The SMILES string of the molecule is NC(=O)CN1C(=O)CC2(CCCCC2)CC1=O. The second-order valence-corrected chi connectivity index (χ2v) is 5.25. The van der Waals surface area contributed by atoms with E-state index >= 15 is 0 Å². The second kappa shape index (κ2) is 4.47. The Labute approximate surface area is 100 Å². The molecule has 1 aliphatic heterocycles. The first-order valence-electron chi connectivity index (χ1n) is 6.14. The molecule has 3 amide bonds. The highest BCUT2D eigenvalue weighted by atomic mass is 16.2. The van der Waals surface area contributed by atoms with Gasteiger partial charge in [-0.05, 0) is 18.3 Å². The van der Waals surface area contributed by atoms with E-state index in [0.29, 0.717) is 12.8 Å². The van der Waals surface area contributed by atoms with E-state index in [-0.39, 0.29) is 23.8 Å². The molecule has 0 aromatic heterocycles. The summed E-state index contributed by atoms with van der Waals surface area (Å²) in [5, 5.41) is 0. The topological polar surface area (TPSA) is 80.5 Å². The molecular weight excluding hydrogens is 220 g/mol. The Balaban J connectivity index is 2.09. The lowest BCUT2D eigenvalue weighted by molar-refractivity contribution is -0.156. The zero-order valence-electron chi connectivity index (χ0n) is 9.91. The third-order valence-electron chi connectivity index (χ3n) is 3.88. The number of primary amides is 1. The predicted octanol–water partition coefficient (Wildman–Crippen LogP) is 0.571. The smallest absolute Gasteiger partial charge is 0.237 e. The van der Waals surface area contributed by atoms with Crippen LogP contribution < -0.4 is 5.73 Å². The molecule has 1 aliphatic carbocycles. The number of nitrogens with two attached hydrogens (primary N) is 1. The maximum atomic E-state index is 11.9. The van der Waals surface area contributed by atoms with Gasteiger partial charge in [-0.2, -0.15) is 0 Å². The van der Waals surface area contributed by atoms with Crippen molar-refractivity contribution in [2.24, 2.45) is 11.1 Å². The average molecular weight is 238 g/mol. The largest absolute Gasteiger partial charge is 0.368 e. The number of carbonyl (C=O) groups is 3. The van der Waals surface area contributed by atoms with Gasteiger partial charge in [0, 0.05) is 12.8 Å². The zero-order chi connectivity index (χ0) is 12.5. The van der Waals surface area contributed by atoms with Crippen molar-refractivity contribution in [3.63, 3.8) is 0 Å². The summed E-state index contributed by atoms with van der Waals surface area (Å²) in [6, 6.07) is 0. The van der Waals surface area contributed by atoms with E-state index in [1.54, 1.807) is 0 Å². The predicted molar refractivity (Wildman–Crippen MR) is 60.7 cm³/mol. The molecule has 5 heteroatoms. The van der Waals surface area contributed by atoms with Gasteiger partial charge in [0.05, 0.1) is 0 Å². The summed E-state index contributed by atoms with van der Waals surface area (Å²) in [5.41, 5.74) is 4.91. The van der Waals surface area contributed by atoms with Crippen LogP contribution in [0.5, 0.6) is 0 Å². The van der Waals surface area contributed by atoms with Gasteiger partial charge in [0.25, 0.3) is 0 Å². The molecule has 1 saturated carbocycles. The van der Waals surface area contributed by atoms with Crippen molar-refractivity contribution in [1.29, 1.82) is 0 Å². The van der Waals surface area contributed by atoms with Gasteiger partial charge in [-0.15, -0.1) is 0 Å². The van der Waals surface area contributed by atoms with Crippen LogP contribution in [0.15, 0.2) is 0 Å². The number of hydrogen-bond donors (Lipinski definition) is 1. The highest BCUT2D eigenvalue weighted by molar-refractivity contribution is 6.01. The summed E-state index contributed by atoms with van der Waals surface area (Å²) in [4.78, 5) is 35.6. The molecule has 17 heavy (non-hydrogen) atoms. The highest BCUT2D eigenvalue weighted by Gasteiger charge is 2.44. The zero-order valence-corrected chi connectivity index (χ0v) is 9.91. The van der Waals surface area contributed by atoms with Crippen molar-refractivity contribution in [1.82, 2.24) is 4.90 Å². The van der Waals surface area contributed by atoms with Crippen molar-refractivity contribution < 1.29 is 14.4 Å². The Morgan fingerprint density at radius 3 is 2.12 bits per heavy atom. The summed E-state index contributed by atoms with van der Waals surface area (Å²) in [7, 11) is 0. The first kappa shape index (κ1) is 12.1. The quantitative estimate of drug-likeness (QED) is 0.714. The van der Waals surface area contributed by atoms with Gasteiger partial charge in [0.1, 0.15) is 6.54 Å². The third kappa shape index (κ3) is 2.48. The lowest BCUT2D eigenvalue weighted by atomic mass is 9.67. The molecule has 94 valence electrons. The lowest BCUT2D eigenvalue weighted by Crippen LogP contribution is -2.51. The van der Waals surface area contributed by atoms with Crippen molar-refractivity contribution in [3.05, 3.63) is 0 Å². The summed E-state index contributed by atoms with van der Waals surface area (Å²) in [6.07, 6.45) is 6.07. The summed E-state index contributed by atoms with van der Waals surface area (Å²) in [6.45, 7) is -0.270. The minimum atomic E-state index is -0.633. The van der Waals surface area contributed by atoms with E-state index in [4.69, 9.17) is 5.73 Å². The maximum Gasteiger partial charge on any atom is 0.237 e. The van der Waals surface area contributed by atoms with Gasteiger partial charge in [0.2, 0.25) is 17.7 Å². The number of imide groups is 1. The molecule has 0 atom stereocenters. The molecule has 0 aromatic carbocycles. The molecular formula is C12H18N2O3. The Morgan fingerprint density at radius 2 is 1.65 bits per heavy atom. The van der Waals surface area contributed by atoms with E-state index in [9.17, 15) is 14.4 Å². The minimum Gasteiger partial charge on any atom is -0.368 e. The van der Waals surface area contributed by atoms with Crippen LogP contribution in [0.4, 0.5) is 0 Å². The Morgan fingerprint density at radius 1 is 1.12 bits per heavy atom. The molecule has 2 rings (SSSR count). The first-order chi connectivity index (χ1) is 8.02. The van der Waals surface area contributed by atoms with Crippen molar-refractivity contribution in [3.8, 4) is 0 Å². The van der Waals surface area contributed by atoms with Crippen molar-refractivity contribution in [2.75, 3.05) is 6.54 Å². The number of carbonyl (C=O) groups excluding carboxylic acids is 3. The van der Waals surface area contributed by atoms with Gasteiger partial charge in [-0.3, -0.25) is 19.3 Å². The summed E-state index contributed by atoms with van der Waals surface area (Å²) < 4.78 is 0. The van der Waals surface area contributed by atoms with Crippen LogP contribution in [-0.2, 0) is 14.4 Å². The Kier molecular flexibility index (Phi) is 3.17. The molecule has 2 N–H and O–H groups in total. The average Bonchev–Trinajstić information content (AvgIpc) is 2.24. The van der Waals surface area contributed by atoms with Crippen LogP contribution >= 0.6 is 0 Å². The number of piperidine rings is 1. The third-order valence-corrected chi connectivity index (χ3v) is 3.88. The van der Waals surface area contributed by atoms with Crippen LogP contribution in [0.2, 0.25) is 0 Å². The van der Waals surface area contributed by atoms with Crippen LogP contribution in [-0.4, -0.2) is 29.2 Å². The maximum absolute atomic E-state index is 11.9. The van der Waals surface area contributed by atoms with E-state index in [0.717, 1.165) is 30.6 Å². The molecule has 2 fully saturated rings. The lowest BCUT2D eigenvalue weighted by Gasteiger charge is -2.42. The molecule has 1 heterocycles. The summed E-state index contributed by atoms with van der Waals surface area (Å²) >= 11 is 0. The fourth-order valence-electron chi connectivity index (χ4n) is 3.02. The highest BCUT2D eigenvalue weighted by Crippen LogP contribution is 2.45. The normalized spacial score (nSPS) is 24.1.